The lowest BCUT2D eigenvalue weighted by Crippen LogP contribution is -2.60. The summed E-state index contributed by atoms with van der Waals surface area (Å²) in [6, 6.07) is -0.966. The summed E-state index contributed by atoms with van der Waals surface area (Å²) in [4.78, 5) is 127. The molecule has 0 fully saturated rings. The zero-order valence-corrected chi connectivity index (χ0v) is 63.2. The van der Waals surface area contributed by atoms with Crippen molar-refractivity contribution < 1.29 is 43.8 Å². The average Bonchev–Trinajstić information content (AvgIpc) is 1.71. The number of benzene rings is 1. The summed E-state index contributed by atoms with van der Waals surface area (Å²) in [5.41, 5.74) is 69.4. The third-order valence-corrected chi connectivity index (χ3v) is 17.4. The molecule has 0 radical (unpaired) electrons. The molecule has 1 aromatic heterocycles. The summed E-state index contributed by atoms with van der Waals surface area (Å²) < 4.78 is 0. The predicted octanol–water partition coefficient (Wildman–Crippen LogP) is -6.36. The van der Waals surface area contributed by atoms with Crippen LogP contribution in [0.25, 0.3) is 10.9 Å². The molecular weight excluding hydrogens is 1380 g/mol. The van der Waals surface area contributed by atoms with Crippen LogP contribution in [-0.2, 0) is 40.0 Å². The first-order chi connectivity index (χ1) is 51.1. The van der Waals surface area contributed by atoms with Crippen molar-refractivity contribution in [2.45, 2.75) is 191 Å². The van der Waals surface area contributed by atoms with Gasteiger partial charge in [-0.2, -0.15) is 0 Å². The van der Waals surface area contributed by atoms with Gasteiger partial charge in [0.05, 0.1) is 19.4 Å². The van der Waals surface area contributed by atoms with E-state index in [-0.39, 0.29) is 157 Å². The van der Waals surface area contributed by atoms with Gasteiger partial charge in [-0.25, -0.2) is 4.79 Å². The molecule has 2 aromatic rings. The van der Waals surface area contributed by atoms with Crippen molar-refractivity contribution in [2.75, 3.05) is 98.2 Å². The number of fused-ring (bicyclic) bond motifs is 1. The van der Waals surface area contributed by atoms with Gasteiger partial charge in [-0.3, -0.25) is 58.7 Å². The summed E-state index contributed by atoms with van der Waals surface area (Å²) in [6.07, 6.45) is 7.77. The van der Waals surface area contributed by atoms with Gasteiger partial charge in [0.1, 0.15) is 36.3 Å². The Morgan fingerprint density at radius 2 is 0.953 bits per heavy atom. The van der Waals surface area contributed by atoms with Crippen molar-refractivity contribution in [1.29, 1.82) is 0 Å². The van der Waals surface area contributed by atoms with Gasteiger partial charge < -0.3 is 142 Å². The number of carbonyl (C=O) groups is 7. The van der Waals surface area contributed by atoms with Crippen LogP contribution in [0.4, 0.5) is 0 Å². The normalized spacial score (nSPS) is 14.5. The zero-order valence-electron chi connectivity index (χ0n) is 63.2. The number of nitrogens with zero attached hydrogens (tertiary/aromatic N) is 6. The van der Waals surface area contributed by atoms with Crippen molar-refractivity contribution in [2.24, 2.45) is 111 Å². The Morgan fingerprint density at radius 1 is 0.505 bits per heavy atom. The van der Waals surface area contributed by atoms with Crippen LogP contribution in [0, 0.1) is 11.8 Å². The second-order valence-electron chi connectivity index (χ2n) is 27.0. The Morgan fingerprint density at radius 3 is 1.43 bits per heavy atom. The Bertz CT molecular complexity index is 3090. The van der Waals surface area contributed by atoms with E-state index in [1.54, 1.807) is 26.1 Å². The molecule has 0 saturated carbocycles. The number of para-hydroxylation sites is 1. The standard InChI is InChI=1S/C68H130N30O9/c1-5-43(4)56(92-36-45(70)41-99)39-82-31-32-84-47(16-11-25-86-65(73)74)38-90-46(15-10-24-85-64(71)72)37-81-29-30-83-40-57(100)93-50(20-12-26-87-66(75)76)58(101)95-53(22-14-28-89-68(79)80)60(103)97-54(34-44-35-91-49-18-7-6-17-48(44)49)62(105)96-52(21-13-27-88-67(77)78)59(102)94-51(19-8-9-23-69)61(104)98-55(63(106)107)33-42(2)3/h6-7,17-18,35,40,42-43,45-47,50-56,81-82,84,90-92,99H,5,8-16,19-34,36-39,41,69-70H2,1-4H3,(H,93,100)(H,94,102)(H,95,101)(H,96,105)(H,97,103)(H,98,104)(H,106,107)(H4,71,72,85)(H4,73,74,86)(H4,75,76,87)(H4,77,78,88)(H4,79,80,89)/t43-,45+,46-,47-,50-,51-,52-,53-,54-,55-,56+/m0/s1. The van der Waals surface area contributed by atoms with E-state index in [0.29, 0.717) is 94.9 Å². The minimum Gasteiger partial charge on any atom is -0.480 e. The fourth-order valence-electron chi connectivity index (χ4n) is 11.3. The zero-order chi connectivity index (χ0) is 79.5. The molecule has 606 valence electrons. The third-order valence-electron chi connectivity index (χ3n) is 17.4. The van der Waals surface area contributed by atoms with E-state index >= 15 is 4.79 Å². The minimum absolute atomic E-state index is 0.00415. The molecule has 0 unspecified atom stereocenters. The summed E-state index contributed by atoms with van der Waals surface area (Å²) >= 11 is 0. The number of aromatic nitrogens is 1. The molecule has 2 rings (SSSR count). The highest BCUT2D eigenvalue weighted by Gasteiger charge is 2.34. The van der Waals surface area contributed by atoms with Crippen molar-refractivity contribution in [3.63, 3.8) is 0 Å². The van der Waals surface area contributed by atoms with Gasteiger partial charge in [0.15, 0.2) is 29.8 Å². The highest BCUT2D eigenvalue weighted by atomic mass is 16.4. The number of H-pyrrole nitrogens is 1. The number of hydrogen-bond acceptors (Lipinski definition) is 21. The molecule has 107 heavy (non-hydrogen) atoms. The van der Waals surface area contributed by atoms with Gasteiger partial charge in [0, 0.05) is 126 Å². The van der Waals surface area contributed by atoms with Gasteiger partial charge >= 0.3 is 5.97 Å². The van der Waals surface area contributed by atoms with Crippen molar-refractivity contribution in [1.82, 2.24) is 63.5 Å². The number of rotatable bonds is 61. The van der Waals surface area contributed by atoms with E-state index < -0.39 is 77.7 Å². The molecule has 0 bridgehead atoms. The monoisotopic (exact) mass is 1510 g/mol. The van der Waals surface area contributed by atoms with Crippen molar-refractivity contribution >= 4 is 88.3 Å². The highest BCUT2D eigenvalue weighted by molar-refractivity contribution is 6.26. The number of aliphatic hydroxyl groups is 1. The number of aliphatic carboxylic acids is 1. The van der Waals surface area contributed by atoms with Crippen LogP contribution in [-0.4, -0.2) is 251 Å². The second-order valence-corrected chi connectivity index (χ2v) is 27.0. The maximum absolute atomic E-state index is 15.0. The van der Waals surface area contributed by atoms with Crippen LogP contribution in [0.2, 0.25) is 0 Å². The lowest BCUT2D eigenvalue weighted by molar-refractivity contribution is -0.143. The summed E-state index contributed by atoms with van der Waals surface area (Å²) in [5.74, 6) is -6.37. The number of nitrogens with one attached hydrogen (secondary N) is 12. The minimum atomic E-state index is -1.46. The number of hydrogen-bond donors (Lipinski definition) is 26. The fraction of sp³-hybridized carbons (Fsp3) is 0.691. The third kappa shape index (κ3) is 43.2. The van der Waals surface area contributed by atoms with Crippen LogP contribution < -0.4 is 127 Å². The average molecular weight is 1510 g/mol. The number of unbranched alkanes of at least 4 members (excludes halogenated alkanes) is 1. The first-order valence-corrected chi connectivity index (χ1v) is 37.1. The summed E-state index contributed by atoms with van der Waals surface area (Å²) in [6.45, 7) is 13.4. The van der Waals surface area contributed by atoms with E-state index in [2.05, 4.69) is 107 Å². The fourth-order valence-corrected chi connectivity index (χ4v) is 11.3. The van der Waals surface area contributed by atoms with Gasteiger partial charge in [-0.05, 0) is 120 Å². The lowest BCUT2D eigenvalue weighted by Gasteiger charge is -2.28. The van der Waals surface area contributed by atoms with Crippen LogP contribution in [0.3, 0.4) is 0 Å². The maximum atomic E-state index is 15.0. The smallest absolute Gasteiger partial charge is 0.326 e. The number of carbonyl (C=O) groups excluding carboxylic acids is 6. The second kappa shape index (κ2) is 55.2. The first kappa shape index (κ1) is 93.8. The molecule has 6 amide bonds. The molecule has 39 heteroatoms. The number of aromatic amines is 1. The summed E-state index contributed by atoms with van der Waals surface area (Å²) in [7, 11) is 0. The van der Waals surface area contributed by atoms with Crippen molar-refractivity contribution in [3.8, 4) is 0 Å². The molecule has 0 aliphatic carbocycles. The molecule has 0 aliphatic rings. The Hall–Kier alpha value is -9.25. The summed E-state index contributed by atoms with van der Waals surface area (Å²) in [5, 5.41) is 54.3. The number of guanidine groups is 5. The molecule has 0 saturated heterocycles. The number of nitrogens with two attached hydrogens (primary N) is 12. The molecule has 1 aromatic carbocycles. The van der Waals surface area contributed by atoms with Crippen molar-refractivity contribution in [3.05, 3.63) is 36.0 Å². The lowest BCUT2D eigenvalue weighted by atomic mass is 9.99. The number of carboxylic acids is 1. The number of carboxylic acid groups (broad SMARTS) is 1. The number of amides is 6. The largest absolute Gasteiger partial charge is 0.480 e. The number of aliphatic hydroxyl groups excluding tert-OH is 1. The van der Waals surface area contributed by atoms with E-state index in [4.69, 9.17) is 68.8 Å². The topological polar surface area (TPSA) is 694 Å². The van der Waals surface area contributed by atoms with Crippen LogP contribution in [0.15, 0.2) is 60.4 Å². The molecular formula is C68H130N30O9. The molecule has 11 atom stereocenters. The molecule has 39 nitrogen and oxygen atoms in total. The van der Waals surface area contributed by atoms with Crippen LogP contribution in [0.5, 0.6) is 0 Å². The molecule has 1 heterocycles. The van der Waals surface area contributed by atoms with E-state index in [1.165, 1.54) is 0 Å². The predicted molar refractivity (Wildman–Crippen MR) is 422 cm³/mol. The van der Waals surface area contributed by atoms with Gasteiger partial charge in [-0.1, -0.05) is 52.3 Å². The first-order valence-electron chi connectivity index (χ1n) is 37.1. The van der Waals surface area contributed by atoms with E-state index in [0.717, 1.165) is 37.5 Å². The number of aliphatic imine (C=N–C) groups is 6. The van der Waals surface area contributed by atoms with Crippen LogP contribution in [0.1, 0.15) is 130 Å². The van der Waals surface area contributed by atoms with Crippen LogP contribution >= 0.6 is 0 Å². The van der Waals surface area contributed by atoms with Gasteiger partial charge in [-0.15, -0.1) is 0 Å². The molecule has 38 N–H and O–H groups in total. The maximum Gasteiger partial charge on any atom is 0.326 e. The van der Waals surface area contributed by atoms with E-state index in [1.807, 2.05) is 18.2 Å². The Labute approximate surface area is 628 Å². The Balaban J connectivity index is 2.47. The SMILES string of the molecule is CC[C@H](C)[C@@H](CNCCN[C@@H](CCCN=C(N)N)CN[C@@H](CCCN=C(N)N)CNCCN=CC(=O)N[C@@H](CCCN=C(N)N)C(=O)N[C@@H](CCCN=C(N)N)C(=O)N[C@@H](Cc1c[nH]c2ccccc12)C(=O)N[C@@H](CCCN=C(N)N)C(=O)N[C@@H](CCCCN)C(=O)N[C@@H](CC(C)C)C(=O)O)NC[C@@H](N)CO. The highest BCUT2D eigenvalue weighted by Crippen LogP contribution is 2.20. The Kier molecular flexibility index (Phi) is 48.4. The van der Waals surface area contributed by atoms with Gasteiger partial charge in [0.2, 0.25) is 29.5 Å². The quantitative estimate of drug-likeness (QED) is 0.0166. The molecule has 0 aliphatic heterocycles. The van der Waals surface area contributed by atoms with E-state index in [9.17, 15) is 39.0 Å². The van der Waals surface area contributed by atoms with Gasteiger partial charge in [0.25, 0.3) is 5.91 Å². The molecule has 0 spiro atoms.